The zero-order valence-corrected chi connectivity index (χ0v) is 18.7. The number of fused-ring (bicyclic) bond motifs is 1. The third kappa shape index (κ3) is 4.79. The second kappa shape index (κ2) is 9.27. The Morgan fingerprint density at radius 2 is 1.91 bits per heavy atom. The molecule has 0 fully saturated rings. The van der Waals surface area contributed by atoms with E-state index in [1.54, 1.807) is 32.2 Å². The molecular formula is C23H25N5O5. The van der Waals surface area contributed by atoms with Gasteiger partial charge >= 0.3 is 5.97 Å². The number of carbonyl (C=O) groups excluding carboxylic acids is 3. The molecule has 2 aromatic heterocycles. The first kappa shape index (κ1) is 22.3. The molecule has 0 spiro atoms. The molecule has 1 aromatic carbocycles. The molecule has 10 nitrogen and oxygen atoms in total. The molecule has 0 atom stereocenters. The van der Waals surface area contributed by atoms with Crippen molar-refractivity contribution in [2.75, 3.05) is 12.4 Å². The lowest BCUT2D eigenvalue weighted by molar-refractivity contribution is 0.0600. The fourth-order valence-electron chi connectivity index (χ4n) is 3.95. The van der Waals surface area contributed by atoms with Crippen molar-refractivity contribution >= 4 is 23.5 Å². The summed E-state index contributed by atoms with van der Waals surface area (Å²) in [6.45, 7) is 1.92. The first-order valence-electron chi connectivity index (χ1n) is 10.7. The molecule has 0 unspecified atom stereocenters. The molecule has 2 amide bonds. The van der Waals surface area contributed by atoms with Crippen LogP contribution in [0.4, 0.5) is 5.69 Å². The van der Waals surface area contributed by atoms with Crippen LogP contribution in [0.5, 0.6) is 0 Å². The standard InChI is InChI=1S/C23H25N5O5/c1-13-8-18(28(2)26-13)21(29)25-16-10-14(9-15(11-16)23(31)32-3)12-24-22(30)20-17-6-4-5-7-19(17)33-27-20/h8-11H,4-7,12H2,1-3H3,(H,24,30)(H,25,29). The number of hydrogen-bond acceptors (Lipinski definition) is 7. The van der Waals surface area contributed by atoms with Crippen LogP contribution in [-0.4, -0.2) is 39.8 Å². The Balaban J connectivity index is 1.53. The Hall–Kier alpha value is -3.95. The maximum atomic E-state index is 12.7. The molecule has 0 saturated heterocycles. The van der Waals surface area contributed by atoms with E-state index in [1.807, 2.05) is 0 Å². The van der Waals surface area contributed by atoms with Gasteiger partial charge in [0.15, 0.2) is 5.69 Å². The van der Waals surface area contributed by atoms with Crippen LogP contribution in [0.25, 0.3) is 0 Å². The number of benzene rings is 1. The third-order valence-corrected chi connectivity index (χ3v) is 5.52. The number of amides is 2. The highest BCUT2D eigenvalue weighted by Crippen LogP contribution is 2.24. The average molecular weight is 451 g/mol. The fourth-order valence-corrected chi connectivity index (χ4v) is 3.95. The van der Waals surface area contributed by atoms with Crippen molar-refractivity contribution in [3.8, 4) is 0 Å². The summed E-state index contributed by atoms with van der Waals surface area (Å²) in [6.07, 6.45) is 3.57. The molecule has 0 aliphatic heterocycles. The van der Waals surface area contributed by atoms with Crippen LogP contribution >= 0.6 is 0 Å². The van der Waals surface area contributed by atoms with Gasteiger partial charge in [-0.3, -0.25) is 14.3 Å². The van der Waals surface area contributed by atoms with Gasteiger partial charge in [0.1, 0.15) is 11.5 Å². The van der Waals surface area contributed by atoms with E-state index in [2.05, 4.69) is 20.9 Å². The molecular weight excluding hydrogens is 426 g/mol. The van der Waals surface area contributed by atoms with Crippen LogP contribution in [0.1, 0.15) is 66.8 Å². The minimum Gasteiger partial charge on any atom is -0.465 e. The quantitative estimate of drug-likeness (QED) is 0.551. The van der Waals surface area contributed by atoms with E-state index in [0.29, 0.717) is 28.3 Å². The summed E-state index contributed by atoms with van der Waals surface area (Å²) < 4.78 is 11.6. The van der Waals surface area contributed by atoms with E-state index in [9.17, 15) is 14.4 Å². The largest absolute Gasteiger partial charge is 0.465 e. The molecule has 33 heavy (non-hydrogen) atoms. The summed E-state index contributed by atoms with van der Waals surface area (Å²) in [7, 11) is 2.96. The van der Waals surface area contributed by atoms with Crippen LogP contribution in [0.15, 0.2) is 28.8 Å². The van der Waals surface area contributed by atoms with E-state index >= 15 is 0 Å². The number of nitrogens with one attached hydrogen (secondary N) is 2. The predicted octanol–water partition coefficient (Wildman–Crippen LogP) is 2.56. The lowest BCUT2D eigenvalue weighted by atomic mass is 9.96. The summed E-state index contributed by atoms with van der Waals surface area (Å²) in [5.41, 5.74) is 3.51. The molecule has 10 heteroatoms. The molecule has 0 bridgehead atoms. The topological polar surface area (TPSA) is 128 Å². The highest BCUT2D eigenvalue weighted by atomic mass is 16.5. The fraction of sp³-hybridized carbons (Fsp3) is 0.348. The van der Waals surface area contributed by atoms with Crippen molar-refractivity contribution in [2.24, 2.45) is 7.05 Å². The minimum absolute atomic E-state index is 0.124. The number of rotatable bonds is 6. The van der Waals surface area contributed by atoms with E-state index < -0.39 is 5.97 Å². The summed E-state index contributed by atoms with van der Waals surface area (Å²) in [4.78, 5) is 37.6. The maximum absolute atomic E-state index is 12.7. The van der Waals surface area contributed by atoms with Crippen molar-refractivity contribution < 1.29 is 23.6 Å². The van der Waals surface area contributed by atoms with Gasteiger partial charge in [-0.25, -0.2) is 4.79 Å². The van der Waals surface area contributed by atoms with Crippen molar-refractivity contribution in [2.45, 2.75) is 39.2 Å². The van der Waals surface area contributed by atoms with Crippen LogP contribution in [0.3, 0.4) is 0 Å². The van der Waals surface area contributed by atoms with Gasteiger partial charge < -0.3 is 19.9 Å². The molecule has 0 saturated carbocycles. The van der Waals surface area contributed by atoms with Crippen molar-refractivity contribution in [3.05, 3.63) is 63.8 Å². The Kier molecular flexibility index (Phi) is 6.25. The molecule has 1 aliphatic rings. The van der Waals surface area contributed by atoms with Gasteiger partial charge in [0.25, 0.3) is 11.8 Å². The highest BCUT2D eigenvalue weighted by Gasteiger charge is 2.24. The normalized spacial score (nSPS) is 12.7. The number of methoxy groups -OCH3 is 1. The van der Waals surface area contributed by atoms with Crippen molar-refractivity contribution in [1.29, 1.82) is 0 Å². The summed E-state index contributed by atoms with van der Waals surface area (Å²) in [6, 6.07) is 6.48. The van der Waals surface area contributed by atoms with Gasteiger partial charge in [-0.15, -0.1) is 0 Å². The number of hydrogen-bond donors (Lipinski definition) is 2. The number of carbonyl (C=O) groups is 3. The van der Waals surface area contributed by atoms with Gasteiger partial charge in [-0.05, 0) is 56.0 Å². The highest BCUT2D eigenvalue weighted by molar-refractivity contribution is 6.04. The molecule has 2 heterocycles. The number of ether oxygens (including phenoxy) is 1. The second-order valence-corrected chi connectivity index (χ2v) is 7.98. The summed E-state index contributed by atoms with van der Waals surface area (Å²) >= 11 is 0. The summed E-state index contributed by atoms with van der Waals surface area (Å²) in [5, 5.41) is 13.7. The molecule has 2 N–H and O–H groups in total. The van der Waals surface area contributed by atoms with Crippen molar-refractivity contribution in [1.82, 2.24) is 20.3 Å². The van der Waals surface area contributed by atoms with Crippen LogP contribution < -0.4 is 10.6 Å². The van der Waals surface area contributed by atoms with E-state index in [1.165, 1.54) is 17.9 Å². The van der Waals surface area contributed by atoms with Crippen molar-refractivity contribution in [3.63, 3.8) is 0 Å². The SMILES string of the molecule is COC(=O)c1cc(CNC(=O)c2noc3c2CCCC3)cc(NC(=O)c2cc(C)nn2C)c1. The number of aryl methyl sites for hydroxylation is 3. The predicted molar refractivity (Wildman–Crippen MR) is 118 cm³/mol. The lowest BCUT2D eigenvalue weighted by Crippen LogP contribution is -2.25. The first-order valence-corrected chi connectivity index (χ1v) is 10.7. The smallest absolute Gasteiger partial charge is 0.337 e. The number of anilines is 1. The van der Waals surface area contributed by atoms with Gasteiger partial charge in [0, 0.05) is 31.3 Å². The van der Waals surface area contributed by atoms with E-state index in [0.717, 1.165) is 37.0 Å². The van der Waals surface area contributed by atoms with E-state index in [-0.39, 0.29) is 23.9 Å². The van der Waals surface area contributed by atoms with Gasteiger partial charge in [0.05, 0.1) is 18.4 Å². The Morgan fingerprint density at radius 1 is 1.12 bits per heavy atom. The Bertz CT molecular complexity index is 1230. The van der Waals surface area contributed by atoms with Crippen LogP contribution in [0.2, 0.25) is 0 Å². The second-order valence-electron chi connectivity index (χ2n) is 7.98. The minimum atomic E-state index is -0.555. The number of esters is 1. The lowest BCUT2D eigenvalue weighted by Gasteiger charge is -2.12. The molecule has 4 rings (SSSR count). The summed E-state index contributed by atoms with van der Waals surface area (Å²) in [5.74, 6) is -0.499. The number of nitrogens with zero attached hydrogens (tertiary/aromatic N) is 3. The van der Waals surface area contributed by atoms with Gasteiger partial charge in [-0.2, -0.15) is 5.10 Å². The van der Waals surface area contributed by atoms with E-state index in [4.69, 9.17) is 9.26 Å². The first-order chi connectivity index (χ1) is 15.9. The molecule has 1 aliphatic carbocycles. The Morgan fingerprint density at radius 3 is 2.64 bits per heavy atom. The third-order valence-electron chi connectivity index (χ3n) is 5.52. The molecule has 3 aromatic rings. The zero-order chi connectivity index (χ0) is 23.5. The van der Waals surface area contributed by atoms with Crippen LogP contribution in [0, 0.1) is 6.92 Å². The molecule has 172 valence electrons. The molecule has 0 radical (unpaired) electrons. The van der Waals surface area contributed by atoms with Crippen LogP contribution in [-0.2, 0) is 31.2 Å². The maximum Gasteiger partial charge on any atom is 0.337 e. The zero-order valence-electron chi connectivity index (χ0n) is 18.7. The average Bonchev–Trinajstić information content (AvgIpc) is 3.39. The van der Waals surface area contributed by atoms with Gasteiger partial charge in [-0.1, -0.05) is 5.16 Å². The number of aromatic nitrogens is 3. The Labute approximate surface area is 190 Å². The van der Waals surface area contributed by atoms with Gasteiger partial charge in [0.2, 0.25) is 0 Å². The monoisotopic (exact) mass is 451 g/mol.